The van der Waals surface area contributed by atoms with Crippen LogP contribution in [0.1, 0.15) is 16.7 Å². The molecular formula is C9H9I2NO2. The SMILES string of the molecule is Cc1c(I)c(C)c([N+](=O)[O-])c(C)c1I. The third kappa shape index (κ3) is 1.88. The predicted molar refractivity (Wildman–Crippen MR) is 72.7 cm³/mol. The van der Waals surface area contributed by atoms with E-state index >= 15 is 0 Å². The molecule has 0 aliphatic carbocycles. The van der Waals surface area contributed by atoms with Crippen LogP contribution in [0.2, 0.25) is 0 Å². The Labute approximate surface area is 110 Å². The zero-order valence-electron chi connectivity index (χ0n) is 8.02. The van der Waals surface area contributed by atoms with Crippen molar-refractivity contribution in [2.75, 3.05) is 0 Å². The first-order valence-electron chi connectivity index (χ1n) is 3.97. The minimum Gasteiger partial charge on any atom is -0.258 e. The van der Waals surface area contributed by atoms with Crippen molar-refractivity contribution in [1.29, 1.82) is 0 Å². The van der Waals surface area contributed by atoms with E-state index in [9.17, 15) is 10.1 Å². The Kier molecular flexibility index (Phi) is 3.73. The summed E-state index contributed by atoms with van der Waals surface area (Å²) in [6.45, 7) is 5.60. The maximum atomic E-state index is 10.9. The summed E-state index contributed by atoms with van der Waals surface area (Å²) in [5, 5.41) is 10.9. The van der Waals surface area contributed by atoms with Gasteiger partial charge in [-0.15, -0.1) is 0 Å². The Morgan fingerprint density at radius 3 is 1.64 bits per heavy atom. The number of nitrogens with zero attached hydrogens (tertiary/aromatic N) is 1. The topological polar surface area (TPSA) is 43.1 Å². The maximum absolute atomic E-state index is 10.9. The lowest BCUT2D eigenvalue weighted by Gasteiger charge is -2.10. The summed E-state index contributed by atoms with van der Waals surface area (Å²) in [6, 6.07) is 0. The van der Waals surface area contributed by atoms with Gasteiger partial charge >= 0.3 is 0 Å². The van der Waals surface area contributed by atoms with Gasteiger partial charge in [-0.05, 0) is 71.5 Å². The summed E-state index contributed by atoms with van der Waals surface area (Å²) in [5.74, 6) is 0. The minimum absolute atomic E-state index is 0.254. The van der Waals surface area contributed by atoms with E-state index in [0.717, 1.165) is 23.8 Å². The van der Waals surface area contributed by atoms with E-state index in [0.29, 0.717) is 0 Å². The molecule has 76 valence electrons. The highest BCUT2D eigenvalue weighted by Crippen LogP contribution is 2.33. The molecule has 0 radical (unpaired) electrons. The Morgan fingerprint density at radius 2 is 1.36 bits per heavy atom. The molecule has 0 amide bonds. The van der Waals surface area contributed by atoms with Gasteiger partial charge in [0.1, 0.15) is 0 Å². The molecule has 0 saturated carbocycles. The first-order valence-corrected chi connectivity index (χ1v) is 6.12. The van der Waals surface area contributed by atoms with Crippen molar-refractivity contribution < 1.29 is 4.92 Å². The molecule has 5 heteroatoms. The van der Waals surface area contributed by atoms with Crippen LogP contribution < -0.4 is 0 Å². The molecule has 0 saturated heterocycles. The number of rotatable bonds is 1. The molecular weight excluding hydrogens is 408 g/mol. The van der Waals surface area contributed by atoms with Crippen LogP contribution in [-0.4, -0.2) is 4.92 Å². The van der Waals surface area contributed by atoms with E-state index in [-0.39, 0.29) is 10.6 Å². The predicted octanol–water partition coefficient (Wildman–Crippen LogP) is 3.73. The molecule has 0 N–H and O–H groups in total. The highest BCUT2D eigenvalue weighted by molar-refractivity contribution is 14.1. The Bertz CT molecular complexity index is 387. The second-order valence-corrected chi connectivity index (χ2v) is 5.27. The third-order valence-electron chi connectivity index (χ3n) is 2.21. The number of hydrogen-bond donors (Lipinski definition) is 0. The van der Waals surface area contributed by atoms with Crippen LogP contribution in [-0.2, 0) is 0 Å². The van der Waals surface area contributed by atoms with Crippen molar-refractivity contribution in [2.24, 2.45) is 0 Å². The van der Waals surface area contributed by atoms with E-state index in [1.54, 1.807) is 13.8 Å². The van der Waals surface area contributed by atoms with Gasteiger partial charge in [-0.3, -0.25) is 10.1 Å². The second kappa shape index (κ2) is 4.30. The monoisotopic (exact) mass is 417 g/mol. The molecule has 0 spiro atoms. The summed E-state index contributed by atoms with van der Waals surface area (Å²) >= 11 is 4.32. The molecule has 14 heavy (non-hydrogen) atoms. The number of benzene rings is 1. The smallest absolute Gasteiger partial charge is 0.258 e. The zero-order chi connectivity index (χ0) is 11.0. The van der Waals surface area contributed by atoms with E-state index < -0.39 is 0 Å². The van der Waals surface area contributed by atoms with E-state index in [2.05, 4.69) is 45.2 Å². The maximum Gasteiger partial charge on any atom is 0.277 e. The van der Waals surface area contributed by atoms with Crippen molar-refractivity contribution in [2.45, 2.75) is 20.8 Å². The molecule has 0 aliphatic heterocycles. The first kappa shape index (κ1) is 12.2. The number of nitro benzene ring substituents is 1. The van der Waals surface area contributed by atoms with Crippen molar-refractivity contribution in [3.05, 3.63) is 33.9 Å². The van der Waals surface area contributed by atoms with Gasteiger partial charge < -0.3 is 0 Å². The minimum atomic E-state index is -0.297. The van der Waals surface area contributed by atoms with Crippen LogP contribution >= 0.6 is 45.2 Å². The molecule has 0 aliphatic rings. The Balaban J connectivity index is 3.68. The van der Waals surface area contributed by atoms with Gasteiger partial charge in [0.05, 0.1) is 4.92 Å². The number of halogens is 2. The van der Waals surface area contributed by atoms with Gasteiger partial charge in [-0.2, -0.15) is 0 Å². The lowest BCUT2D eigenvalue weighted by Crippen LogP contribution is -2.02. The standard InChI is InChI=1S/C9H9I2NO2/c1-4-7(10)5(2)9(12(13)14)6(3)8(4)11/h1-3H3. The third-order valence-corrected chi connectivity index (χ3v) is 5.45. The van der Waals surface area contributed by atoms with Crippen molar-refractivity contribution >= 4 is 50.9 Å². The number of hydrogen-bond acceptors (Lipinski definition) is 2. The van der Waals surface area contributed by atoms with Crippen LogP contribution in [0.5, 0.6) is 0 Å². The van der Waals surface area contributed by atoms with Crippen molar-refractivity contribution in [3.63, 3.8) is 0 Å². The Hall–Kier alpha value is 0.0800. The molecule has 0 atom stereocenters. The average molecular weight is 417 g/mol. The van der Waals surface area contributed by atoms with Crippen LogP contribution in [0, 0.1) is 38.0 Å². The quantitative estimate of drug-likeness (QED) is 0.397. The molecule has 1 aromatic rings. The molecule has 0 bridgehead atoms. The summed E-state index contributed by atoms with van der Waals surface area (Å²) in [7, 11) is 0. The zero-order valence-corrected chi connectivity index (χ0v) is 12.3. The highest BCUT2D eigenvalue weighted by atomic mass is 127. The van der Waals surface area contributed by atoms with Crippen LogP contribution in [0.4, 0.5) is 5.69 Å². The van der Waals surface area contributed by atoms with Gasteiger partial charge in [0.25, 0.3) is 5.69 Å². The first-order chi connectivity index (χ1) is 6.37. The fourth-order valence-electron chi connectivity index (χ4n) is 1.42. The van der Waals surface area contributed by atoms with Crippen LogP contribution in [0.3, 0.4) is 0 Å². The molecule has 0 heterocycles. The van der Waals surface area contributed by atoms with E-state index in [1.807, 2.05) is 6.92 Å². The molecule has 1 rings (SSSR count). The largest absolute Gasteiger partial charge is 0.277 e. The van der Waals surface area contributed by atoms with E-state index in [4.69, 9.17) is 0 Å². The summed E-state index contributed by atoms with van der Waals surface area (Å²) in [6.07, 6.45) is 0. The highest BCUT2D eigenvalue weighted by Gasteiger charge is 2.21. The van der Waals surface area contributed by atoms with Gasteiger partial charge in [-0.25, -0.2) is 0 Å². The van der Waals surface area contributed by atoms with Gasteiger partial charge in [0.2, 0.25) is 0 Å². The summed E-state index contributed by atoms with van der Waals surface area (Å²) in [5.41, 5.74) is 2.92. The van der Waals surface area contributed by atoms with Crippen molar-refractivity contribution in [3.8, 4) is 0 Å². The Morgan fingerprint density at radius 1 is 1.00 bits per heavy atom. The van der Waals surface area contributed by atoms with E-state index in [1.165, 1.54) is 0 Å². The lowest BCUT2D eigenvalue weighted by atomic mass is 10.1. The van der Waals surface area contributed by atoms with Gasteiger partial charge in [-0.1, -0.05) is 0 Å². The summed E-state index contributed by atoms with van der Waals surface area (Å²) < 4.78 is 1.98. The fraction of sp³-hybridized carbons (Fsp3) is 0.333. The molecule has 0 aromatic heterocycles. The molecule has 3 nitrogen and oxygen atoms in total. The summed E-state index contributed by atoms with van der Waals surface area (Å²) in [4.78, 5) is 10.6. The average Bonchev–Trinajstić information content (AvgIpc) is 2.11. The van der Waals surface area contributed by atoms with Gasteiger partial charge in [0.15, 0.2) is 0 Å². The van der Waals surface area contributed by atoms with Gasteiger partial charge in [0, 0.05) is 18.3 Å². The fourth-order valence-corrected chi connectivity index (χ4v) is 2.99. The molecule has 0 fully saturated rings. The number of nitro groups is 1. The molecule has 0 unspecified atom stereocenters. The molecule has 1 aromatic carbocycles. The second-order valence-electron chi connectivity index (χ2n) is 3.11. The van der Waals surface area contributed by atoms with Crippen molar-refractivity contribution in [1.82, 2.24) is 0 Å². The normalized spacial score (nSPS) is 10.4. The van der Waals surface area contributed by atoms with Crippen LogP contribution in [0.25, 0.3) is 0 Å². The van der Waals surface area contributed by atoms with Crippen LogP contribution in [0.15, 0.2) is 0 Å². The lowest BCUT2D eigenvalue weighted by molar-refractivity contribution is -0.386.